The molecule has 1 atom stereocenters. The lowest BCUT2D eigenvalue weighted by atomic mass is 10.1. The van der Waals surface area contributed by atoms with Crippen LogP contribution in [0.3, 0.4) is 0 Å². The molecule has 2 N–H and O–H groups in total. The van der Waals surface area contributed by atoms with Gasteiger partial charge in [-0.05, 0) is 37.0 Å². The van der Waals surface area contributed by atoms with Crippen molar-refractivity contribution in [3.8, 4) is 0 Å². The first-order chi connectivity index (χ1) is 11.5. The van der Waals surface area contributed by atoms with Gasteiger partial charge in [-0.25, -0.2) is 9.78 Å². The van der Waals surface area contributed by atoms with Crippen molar-refractivity contribution in [2.75, 3.05) is 31.6 Å². The molecule has 1 fully saturated rings. The van der Waals surface area contributed by atoms with E-state index in [9.17, 15) is 9.59 Å². The molecule has 1 aromatic rings. The number of pyridine rings is 1. The van der Waals surface area contributed by atoms with E-state index in [1.54, 1.807) is 20.2 Å². The number of hydrogen-bond acceptors (Lipinski definition) is 4. The van der Waals surface area contributed by atoms with Gasteiger partial charge in [0.25, 0.3) is 0 Å². The average Bonchev–Trinajstić information content (AvgIpc) is 2.60. The lowest BCUT2D eigenvalue weighted by molar-refractivity contribution is -0.141. The summed E-state index contributed by atoms with van der Waals surface area (Å²) in [6.45, 7) is 4.21. The number of aliphatic carboxylic acids is 1. The molecule has 0 radical (unpaired) electrons. The molecule has 0 aromatic carbocycles. The number of rotatable bonds is 6. The van der Waals surface area contributed by atoms with Gasteiger partial charge >= 0.3 is 12.0 Å². The normalized spacial score (nSPS) is 15.7. The van der Waals surface area contributed by atoms with Crippen LogP contribution < -0.4 is 10.2 Å². The molecule has 0 spiro atoms. The van der Waals surface area contributed by atoms with Crippen LogP contribution in [-0.4, -0.2) is 53.7 Å². The third-order valence-electron chi connectivity index (χ3n) is 4.25. The molecule has 0 bridgehead atoms. The molecule has 132 valence electrons. The molecule has 1 aliphatic heterocycles. The van der Waals surface area contributed by atoms with Gasteiger partial charge in [-0.15, -0.1) is 0 Å². The zero-order valence-electron chi connectivity index (χ0n) is 14.4. The Bertz CT molecular complexity index is 573. The van der Waals surface area contributed by atoms with E-state index in [2.05, 4.69) is 15.2 Å². The van der Waals surface area contributed by atoms with Gasteiger partial charge in [0.1, 0.15) is 5.82 Å². The minimum atomic E-state index is -0.907. The molecule has 7 nitrogen and oxygen atoms in total. The van der Waals surface area contributed by atoms with Crippen LogP contribution >= 0.6 is 0 Å². The van der Waals surface area contributed by atoms with E-state index in [1.165, 1.54) is 24.2 Å². The molecule has 0 aliphatic carbocycles. The van der Waals surface area contributed by atoms with E-state index < -0.39 is 11.9 Å². The Morgan fingerprint density at radius 2 is 2.08 bits per heavy atom. The lowest BCUT2D eigenvalue weighted by Gasteiger charge is -2.28. The highest BCUT2D eigenvalue weighted by Gasteiger charge is 2.17. The molecular formula is C17H26N4O3. The van der Waals surface area contributed by atoms with Crippen molar-refractivity contribution in [3.05, 3.63) is 23.9 Å². The summed E-state index contributed by atoms with van der Waals surface area (Å²) in [4.78, 5) is 31.0. The van der Waals surface area contributed by atoms with E-state index in [-0.39, 0.29) is 12.6 Å². The smallest absolute Gasteiger partial charge is 0.317 e. The first-order valence-corrected chi connectivity index (χ1v) is 8.39. The van der Waals surface area contributed by atoms with Crippen LogP contribution in [0, 0.1) is 5.92 Å². The van der Waals surface area contributed by atoms with Crippen molar-refractivity contribution >= 4 is 17.8 Å². The van der Waals surface area contributed by atoms with Gasteiger partial charge < -0.3 is 20.2 Å². The number of hydrogen-bond donors (Lipinski definition) is 2. The maximum Gasteiger partial charge on any atom is 0.317 e. The highest BCUT2D eigenvalue weighted by molar-refractivity contribution is 5.75. The molecule has 1 aromatic heterocycles. The largest absolute Gasteiger partial charge is 0.481 e. The van der Waals surface area contributed by atoms with Gasteiger partial charge in [0, 0.05) is 39.4 Å². The highest BCUT2D eigenvalue weighted by atomic mass is 16.4. The molecule has 7 heteroatoms. The summed E-state index contributed by atoms with van der Waals surface area (Å²) in [5, 5.41) is 11.7. The number of nitrogens with one attached hydrogen (secondary N) is 1. The molecule has 1 aliphatic rings. The number of aromatic nitrogens is 1. The summed E-state index contributed by atoms with van der Waals surface area (Å²) >= 11 is 0. The van der Waals surface area contributed by atoms with Crippen molar-refractivity contribution in [1.82, 2.24) is 15.2 Å². The molecular weight excluding hydrogens is 308 g/mol. The maximum absolute atomic E-state index is 12.1. The zero-order valence-corrected chi connectivity index (χ0v) is 14.4. The molecule has 2 rings (SSSR count). The summed E-state index contributed by atoms with van der Waals surface area (Å²) in [5.41, 5.74) is 0.985. The Hall–Kier alpha value is -2.31. The number of anilines is 1. The molecule has 1 saturated heterocycles. The zero-order chi connectivity index (χ0) is 17.5. The minimum Gasteiger partial charge on any atom is -0.481 e. The van der Waals surface area contributed by atoms with E-state index >= 15 is 0 Å². The van der Waals surface area contributed by atoms with Crippen LogP contribution in [0.5, 0.6) is 0 Å². The monoisotopic (exact) mass is 334 g/mol. The molecule has 1 unspecified atom stereocenters. The van der Waals surface area contributed by atoms with E-state index in [0.29, 0.717) is 6.54 Å². The SMILES string of the molecule is CC(CN(C)C(=O)NCc1ccnc(N2CCCCC2)c1)C(=O)O. The fourth-order valence-electron chi connectivity index (χ4n) is 2.75. The van der Waals surface area contributed by atoms with Crippen molar-refractivity contribution in [2.45, 2.75) is 32.7 Å². The van der Waals surface area contributed by atoms with E-state index in [1.807, 2.05) is 12.1 Å². The van der Waals surface area contributed by atoms with Crippen molar-refractivity contribution in [2.24, 2.45) is 5.92 Å². The van der Waals surface area contributed by atoms with Gasteiger partial charge in [0.15, 0.2) is 0 Å². The summed E-state index contributed by atoms with van der Waals surface area (Å²) in [6.07, 6.45) is 5.42. The van der Waals surface area contributed by atoms with Crippen LogP contribution in [0.15, 0.2) is 18.3 Å². The van der Waals surface area contributed by atoms with Crippen molar-refractivity contribution in [3.63, 3.8) is 0 Å². The molecule has 2 heterocycles. The van der Waals surface area contributed by atoms with Crippen LogP contribution in [0.4, 0.5) is 10.6 Å². The van der Waals surface area contributed by atoms with Crippen LogP contribution in [-0.2, 0) is 11.3 Å². The van der Waals surface area contributed by atoms with Crippen molar-refractivity contribution < 1.29 is 14.7 Å². The first-order valence-electron chi connectivity index (χ1n) is 8.39. The Balaban J connectivity index is 1.87. The first kappa shape index (κ1) is 18.0. The number of piperidine rings is 1. The van der Waals surface area contributed by atoms with Crippen LogP contribution in [0.2, 0.25) is 0 Å². The topological polar surface area (TPSA) is 85.8 Å². The number of amides is 2. The number of carboxylic acid groups (broad SMARTS) is 1. The molecule has 24 heavy (non-hydrogen) atoms. The minimum absolute atomic E-state index is 0.177. The summed E-state index contributed by atoms with van der Waals surface area (Å²) < 4.78 is 0. The Labute approximate surface area is 142 Å². The standard InChI is InChI=1S/C17H26N4O3/c1-13(16(22)23)12-20(2)17(24)19-11-14-6-7-18-15(10-14)21-8-4-3-5-9-21/h6-7,10,13H,3-5,8-9,11-12H2,1-2H3,(H,19,24)(H,22,23). The van der Waals surface area contributed by atoms with Gasteiger partial charge in [-0.3, -0.25) is 4.79 Å². The van der Waals surface area contributed by atoms with Gasteiger partial charge in [-0.2, -0.15) is 0 Å². The number of carbonyl (C=O) groups excluding carboxylic acids is 1. The average molecular weight is 334 g/mol. The number of nitrogens with zero attached hydrogens (tertiary/aromatic N) is 3. The highest BCUT2D eigenvalue weighted by Crippen LogP contribution is 2.18. The molecule has 2 amide bonds. The quantitative estimate of drug-likeness (QED) is 0.830. The number of urea groups is 1. The second kappa shape index (κ2) is 8.52. The third-order valence-corrected chi connectivity index (χ3v) is 4.25. The lowest BCUT2D eigenvalue weighted by Crippen LogP contribution is -2.40. The third kappa shape index (κ3) is 5.11. The summed E-state index contributed by atoms with van der Waals surface area (Å²) in [6, 6.07) is 3.61. The maximum atomic E-state index is 12.1. The predicted octanol–water partition coefficient (Wildman–Crippen LogP) is 1.93. The Kier molecular flexibility index (Phi) is 6.40. The van der Waals surface area contributed by atoms with Gasteiger partial charge in [-0.1, -0.05) is 6.92 Å². The van der Waals surface area contributed by atoms with E-state index in [0.717, 1.165) is 24.5 Å². The number of carboxylic acids is 1. The molecule has 0 saturated carbocycles. The fraction of sp³-hybridized carbons (Fsp3) is 0.588. The Morgan fingerprint density at radius 3 is 2.75 bits per heavy atom. The fourth-order valence-corrected chi connectivity index (χ4v) is 2.75. The summed E-state index contributed by atoms with van der Waals surface area (Å²) in [7, 11) is 1.60. The van der Waals surface area contributed by atoms with Crippen LogP contribution in [0.25, 0.3) is 0 Å². The number of carbonyl (C=O) groups is 2. The van der Waals surface area contributed by atoms with Gasteiger partial charge in [0.2, 0.25) is 0 Å². The summed E-state index contributed by atoms with van der Waals surface area (Å²) in [5.74, 6) is -0.545. The Morgan fingerprint density at radius 1 is 1.38 bits per heavy atom. The second-order valence-electron chi connectivity index (χ2n) is 6.35. The second-order valence-corrected chi connectivity index (χ2v) is 6.35. The van der Waals surface area contributed by atoms with Crippen LogP contribution in [0.1, 0.15) is 31.7 Å². The van der Waals surface area contributed by atoms with Crippen molar-refractivity contribution in [1.29, 1.82) is 0 Å². The predicted molar refractivity (Wildman–Crippen MR) is 92.0 cm³/mol. The van der Waals surface area contributed by atoms with E-state index in [4.69, 9.17) is 5.11 Å². The van der Waals surface area contributed by atoms with Gasteiger partial charge in [0.05, 0.1) is 5.92 Å².